The van der Waals surface area contributed by atoms with Gasteiger partial charge in [0.05, 0.1) is 18.2 Å². The lowest BCUT2D eigenvalue weighted by Gasteiger charge is -2.22. The first-order chi connectivity index (χ1) is 9.74. The second kappa shape index (κ2) is 7.65. The van der Waals surface area contributed by atoms with Gasteiger partial charge in [-0.2, -0.15) is 0 Å². The molecule has 1 aromatic rings. The van der Waals surface area contributed by atoms with Crippen LogP contribution in [0.2, 0.25) is 5.02 Å². The minimum Gasteiger partial charge on any atom is -0.373 e. The van der Waals surface area contributed by atoms with Crippen molar-refractivity contribution in [2.45, 2.75) is 44.1 Å². The van der Waals surface area contributed by atoms with Gasteiger partial charge in [-0.15, -0.1) is 24.0 Å². The van der Waals surface area contributed by atoms with E-state index in [9.17, 15) is 0 Å². The lowest BCUT2D eigenvalue weighted by Crippen LogP contribution is -2.47. The Hall–Kier alpha value is -0.530. The molecule has 2 bridgehead atoms. The summed E-state index contributed by atoms with van der Waals surface area (Å²) < 4.78 is 5.85. The summed E-state index contributed by atoms with van der Waals surface area (Å²) in [5.74, 6) is 0.834. The molecule has 1 aromatic carbocycles. The van der Waals surface area contributed by atoms with Gasteiger partial charge in [-0.3, -0.25) is 4.99 Å². The Bertz CT molecular complexity index is 494. The fourth-order valence-corrected chi connectivity index (χ4v) is 3.07. The van der Waals surface area contributed by atoms with Crippen molar-refractivity contribution in [2.75, 3.05) is 7.05 Å². The van der Waals surface area contributed by atoms with Crippen LogP contribution in [-0.4, -0.2) is 31.3 Å². The molecule has 4 nitrogen and oxygen atoms in total. The van der Waals surface area contributed by atoms with Crippen molar-refractivity contribution >= 4 is 41.5 Å². The number of aliphatic imine (C=N–C) groups is 1. The van der Waals surface area contributed by atoms with Crippen molar-refractivity contribution in [3.8, 4) is 0 Å². The van der Waals surface area contributed by atoms with Crippen LogP contribution in [0.3, 0.4) is 0 Å². The van der Waals surface area contributed by atoms with Crippen LogP contribution in [-0.2, 0) is 11.3 Å². The maximum Gasteiger partial charge on any atom is 0.191 e. The van der Waals surface area contributed by atoms with Crippen LogP contribution in [0.4, 0.5) is 0 Å². The average Bonchev–Trinajstić information content (AvgIpc) is 3.07. The highest BCUT2D eigenvalue weighted by molar-refractivity contribution is 14.0. The fraction of sp³-hybridized carbons (Fsp3) is 0.533. The van der Waals surface area contributed by atoms with Gasteiger partial charge in [0, 0.05) is 18.6 Å². The highest BCUT2D eigenvalue weighted by Crippen LogP contribution is 2.34. The van der Waals surface area contributed by atoms with E-state index >= 15 is 0 Å². The minimum absolute atomic E-state index is 0. The summed E-state index contributed by atoms with van der Waals surface area (Å²) in [6.07, 6.45) is 4.27. The Balaban J connectivity index is 0.00000161. The van der Waals surface area contributed by atoms with E-state index < -0.39 is 0 Å². The summed E-state index contributed by atoms with van der Waals surface area (Å²) in [7, 11) is 1.80. The summed E-state index contributed by atoms with van der Waals surface area (Å²) in [6, 6.07) is 8.23. The van der Waals surface area contributed by atoms with E-state index in [4.69, 9.17) is 16.3 Å². The van der Waals surface area contributed by atoms with Crippen molar-refractivity contribution in [2.24, 2.45) is 4.99 Å². The van der Waals surface area contributed by atoms with Gasteiger partial charge in [0.2, 0.25) is 0 Å². The number of benzene rings is 1. The number of hydrogen-bond acceptors (Lipinski definition) is 2. The smallest absolute Gasteiger partial charge is 0.191 e. The van der Waals surface area contributed by atoms with E-state index in [1.807, 2.05) is 24.3 Å². The molecule has 0 radical (unpaired) electrons. The molecule has 0 spiro atoms. The lowest BCUT2D eigenvalue weighted by molar-refractivity contribution is 0.0992. The van der Waals surface area contributed by atoms with Crippen LogP contribution >= 0.6 is 35.6 Å². The first-order valence-electron chi connectivity index (χ1n) is 7.11. The predicted molar refractivity (Wildman–Crippen MR) is 96.5 cm³/mol. The first kappa shape index (κ1) is 16.8. The Morgan fingerprint density at radius 1 is 1.33 bits per heavy atom. The molecule has 0 aliphatic carbocycles. The van der Waals surface area contributed by atoms with Gasteiger partial charge in [-0.25, -0.2) is 0 Å². The molecule has 2 N–H and O–H groups in total. The summed E-state index contributed by atoms with van der Waals surface area (Å²) in [6.45, 7) is 0.735. The molecule has 2 fully saturated rings. The summed E-state index contributed by atoms with van der Waals surface area (Å²) >= 11 is 5.88. The van der Waals surface area contributed by atoms with Gasteiger partial charge >= 0.3 is 0 Å². The monoisotopic (exact) mass is 421 g/mol. The van der Waals surface area contributed by atoms with Gasteiger partial charge in [-0.05, 0) is 37.0 Å². The van der Waals surface area contributed by atoms with E-state index in [1.54, 1.807) is 7.05 Å². The molecule has 2 aliphatic rings. The molecule has 0 saturated carbocycles. The topological polar surface area (TPSA) is 45.7 Å². The summed E-state index contributed by atoms with van der Waals surface area (Å²) in [4.78, 5) is 4.28. The molecule has 3 rings (SSSR count). The highest BCUT2D eigenvalue weighted by Gasteiger charge is 2.41. The molecule has 3 unspecified atom stereocenters. The number of nitrogens with zero attached hydrogens (tertiary/aromatic N) is 1. The number of rotatable bonds is 3. The SMILES string of the molecule is CN=C(NCc1ccc(Cl)cc1)NC1CC2CCC1O2.I. The summed E-state index contributed by atoms with van der Waals surface area (Å²) in [5.41, 5.74) is 1.18. The Morgan fingerprint density at radius 2 is 2.10 bits per heavy atom. The van der Waals surface area contributed by atoms with Crippen molar-refractivity contribution < 1.29 is 4.74 Å². The lowest BCUT2D eigenvalue weighted by atomic mass is 9.96. The first-order valence-corrected chi connectivity index (χ1v) is 7.49. The number of halogens is 2. The maximum atomic E-state index is 5.88. The Labute approximate surface area is 147 Å². The molecular formula is C15H21ClIN3O. The van der Waals surface area contributed by atoms with Crippen LogP contribution in [0, 0.1) is 0 Å². The van der Waals surface area contributed by atoms with E-state index in [0.717, 1.165) is 30.4 Å². The molecule has 3 atom stereocenters. The van der Waals surface area contributed by atoms with Gasteiger partial charge in [0.1, 0.15) is 0 Å². The number of ether oxygens (including phenoxy) is 1. The second-order valence-electron chi connectivity index (χ2n) is 5.41. The van der Waals surface area contributed by atoms with Crippen LogP contribution in [0.15, 0.2) is 29.3 Å². The molecular weight excluding hydrogens is 401 g/mol. The highest BCUT2D eigenvalue weighted by atomic mass is 127. The van der Waals surface area contributed by atoms with Crippen LogP contribution < -0.4 is 10.6 Å². The second-order valence-corrected chi connectivity index (χ2v) is 5.85. The molecule has 2 saturated heterocycles. The number of hydrogen-bond donors (Lipinski definition) is 2. The number of fused-ring (bicyclic) bond motifs is 2. The largest absolute Gasteiger partial charge is 0.373 e. The zero-order valence-corrected chi connectivity index (χ0v) is 15.1. The van der Waals surface area contributed by atoms with Crippen molar-refractivity contribution in [1.82, 2.24) is 10.6 Å². The third-order valence-electron chi connectivity index (χ3n) is 4.02. The predicted octanol–water partition coefficient (Wildman–Crippen LogP) is 2.94. The average molecular weight is 422 g/mol. The quantitative estimate of drug-likeness (QED) is 0.448. The molecule has 0 aromatic heterocycles. The molecule has 21 heavy (non-hydrogen) atoms. The van der Waals surface area contributed by atoms with E-state index in [-0.39, 0.29) is 24.0 Å². The van der Waals surface area contributed by atoms with E-state index in [0.29, 0.717) is 18.2 Å². The third-order valence-corrected chi connectivity index (χ3v) is 4.28. The Kier molecular flexibility index (Phi) is 6.13. The van der Waals surface area contributed by atoms with E-state index in [1.165, 1.54) is 12.0 Å². The molecule has 2 heterocycles. The third kappa shape index (κ3) is 4.23. The minimum atomic E-state index is 0. The van der Waals surface area contributed by atoms with Crippen LogP contribution in [0.5, 0.6) is 0 Å². The maximum absolute atomic E-state index is 5.88. The zero-order valence-electron chi connectivity index (χ0n) is 12.0. The molecule has 0 amide bonds. The molecule has 6 heteroatoms. The number of guanidine groups is 1. The van der Waals surface area contributed by atoms with Gasteiger partial charge in [-0.1, -0.05) is 23.7 Å². The van der Waals surface area contributed by atoms with Gasteiger partial charge in [0.15, 0.2) is 5.96 Å². The van der Waals surface area contributed by atoms with Crippen LogP contribution in [0.1, 0.15) is 24.8 Å². The van der Waals surface area contributed by atoms with Gasteiger partial charge < -0.3 is 15.4 Å². The standard InChI is InChI=1S/C15H20ClN3O.HI/c1-17-15(18-9-10-2-4-11(16)5-3-10)19-13-8-12-6-7-14(13)20-12;/h2-5,12-14H,6-9H2,1H3,(H2,17,18,19);1H. The van der Waals surface area contributed by atoms with Crippen LogP contribution in [0.25, 0.3) is 0 Å². The zero-order chi connectivity index (χ0) is 13.9. The fourth-order valence-electron chi connectivity index (χ4n) is 2.95. The Morgan fingerprint density at radius 3 is 2.67 bits per heavy atom. The number of nitrogens with one attached hydrogen (secondary N) is 2. The summed E-state index contributed by atoms with van der Waals surface area (Å²) in [5, 5.41) is 7.56. The van der Waals surface area contributed by atoms with Crippen molar-refractivity contribution in [3.05, 3.63) is 34.9 Å². The van der Waals surface area contributed by atoms with Gasteiger partial charge in [0.25, 0.3) is 0 Å². The van der Waals surface area contributed by atoms with Crippen molar-refractivity contribution in [3.63, 3.8) is 0 Å². The van der Waals surface area contributed by atoms with E-state index in [2.05, 4.69) is 15.6 Å². The molecule has 116 valence electrons. The van der Waals surface area contributed by atoms with Crippen molar-refractivity contribution in [1.29, 1.82) is 0 Å². The normalized spacial score (nSPS) is 27.3. The molecule has 2 aliphatic heterocycles.